The maximum atomic E-state index is 11.8. The minimum absolute atomic E-state index is 0.0747. The maximum absolute atomic E-state index is 11.8. The highest BCUT2D eigenvalue weighted by Crippen LogP contribution is 2.25. The Morgan fingerprint density at radius 1 is 1.07 bits per heavy atom. The van der Waals surface area contributed by atoms with Crippen molar-refractivity contribution in [3.8, 4) is 11.4 Å². The van der Waals surface area contributed by atoms with E-state index < -0.39 is 0 Å². The van der Waals surface area contributed by atoms with Crippen LogP contribution in [0.4, 0.5) is 0 Å². The van der Waals surface area contributed by atoms with E-state index >= 15 is 0 Å². The average molecular weight is 364 g/mol. The SMILES string of the molecule is CCN(CC)CCCn1c(-c2ccc(C(=O)NC)cc2)nc2ccccc21. The zero-order valence-corrected chi connectivity index (χ0v) is 16.4. The van der Waals surface area contributed by atoms with Crippen LogP contribution in [0.25, 0.3) is 22.4 Å². The van der Waals surface area contributed by atoms with Crippen molar-refractivity contribution in [2.24, 2.45) is 0 Å². The van der Waals surface area contributed by atoms with Crippen LogP contribution >= 0.6 is 0 Å². The topological polar surface area (TPSA) is 50.2 Å². The zero-order chi connectivity index (χ0) is 19.2. The molecule has 1 aromatic heterocycles. The van der Waals surface area contributed by atoms with E-state index in [4.69, 9.17) is 4.98 Å². The lowest BCUT2D eigenvalue weighted by Gasteiger charge is -2.18. The third-order valence-corrected chi connectivity index (χ3v) is 5.04. The molecule has 1 amide bonds. The molecule has 0 aliphatic rings. The van der Waals surface area contributed by atoms with Gasteiger partial charge in [-0.25, -0.2) is 4.98 Å². The van der Waals surface area contributed by atoms with Crippen molar-refractivity contribution in [2.75, 3.05) is 26.7 Å². The maximum Gasteiger partial charge on any atom is 0.251 e. The lowest BCUT2D eigenvalue weighted by molar-refractivity contribution is 0.0963. The van der Waals surface area contributed by atoms with Crippen molar-refractivity contribution in [1.82, 2.24) is 19.8 Å². The van der Waals surface area contributed by atoms with Crippen LogP contribution in [-0.4, -0.2) is 47.0 Å². The number of carbonyl (C=O) groups excluding carboxylic acids is 1. The molecule has 0 fully saturated rings. The molecule has 3 rings (SSSR count). The summed E-state index contributed by atoms with van der Waals surface area (Å²) in [7, 11) is 1.64. The van der Waals surface area contributed by atoms with Crippen LogP contribution < -0.4 is 5.32 Å². The summed E-state index contributed by atoms with van der Waals surface area (Å²) < 4.78 is 2.30. The first kappa shape index (κ1) is 19.1. The number of para-hydroxylation sites is 2. The molecule has 0 bridgehead atoms. The molecule has 0 unspecified atom stereocenters. The second kappa shape index (κ2) is 8.82. The van der Waals surface area contributed by atoms with E-state index in [9.17, 15) is 4.79 Å². The van der Waals surface area contributed by atoms with Gasteiger partial charge < -0.3 is 14.8 Å². The van der Waals surface area contributed by atoms with E-state index in [0.29, 0.717) is 5.56 Å². The Morgan fingerprint density at radius 3 is 2.44 bits per heavy atom. The molecule has 5 heteroatoms. The number of nitrogens with zero attached hydrogens (tertiary/aromatic N) is 3. The summed E-state index contributed by atoms with van der Waals surface area (Å²) in [6, 6.07) is 15.9. The van der Waals surface area contributed by atoms with Gasteiger partial charge in [-0.1, -0.05) is 38.1 Å². The van der Waals surface area contributed by atoms with E-state index in [1.807, 2.05) is 30.3 Å². The van der Waals surface area contributed by atoms with E-state index in [-0.39, 0.29) is 5.91 Å². The summed E-state index contributed by atoms with van der Waals surface area (Å²) in [6.45, 7) is 8.56. The predicted molar refractivity (Wildman–Crippen MR) is 111 cm³/mol. The molecule has 0 spiro atoms. The Labute approximate surface area is 161 Å². The number of hydrogen-bond acceptors (Lipinski definition) is 3. The van der Waals surface area contributed by atoms with Gasteiger partial charge in [0.1, 0.15) is 5.82 Å². The number of carbonyl (C=O) groups is 1. The first-order valence-electron chi connectivity index (χ1n) is 9.68. The zero-order valence-electron chi connectivity index (χ0n) is 16.4. The Balaban J connectivity index is 1.91. The molecular formula is C22H28N4O. The normalized spacial score (nSPS) is 11.3. The summed E-state index contributed by atoms with van der Waals surface area (Å²) in [5.74, 6) is 0.883. The lowest BCUT2D eigenvalue weighted by atomic mass is 10.1. The molecule has 2 aromatic carbocycles. The standard InChI is InChI=1S/C22H28N4O/c1-4-25(5-2)15-8-16-26-20-10-7-6-9-19(20)24-21(26)17-11-13-18(14-12-17)22(27)23-3/h6-7,9-14H,4-5,8,15-16H2,1-3H3,(H,23,27). The molecule has 142 valence electrons. The van der Waals surface area contributed by atoms with Gasteiger partial charge in [-0.15, -0.1) is 0 Å². The molecule has 1 N–H and O–H groups in total. The third-order valence-electron chi connectivity index (χ3n) is 5.04. The number of fused-ring (bicyclic) bond motifs is 1. The number of benzene rings is 2. The molecule has 0 radical (unpaired) electrons. The van der Waals surface area contributed by atoms with Crippen molar-refractivity contribution < 1.29 is 4.79 Å². The van der Waals surface area contributed by atoms with Gasteiger partial charge in [-0.2, -0.15) is 0 Å². The van der Waals surface area contributed by atoms with Crippen molar-refractivity contribution >= 4 is 16.9 Å². The Hall–Kier alpha value is -2.66. The highest BCUT2D eigenvalue weighted by Gasteiger charge is 2.13. The predicted octanol–water partition coefficient (Wildman–Crippen LogP) is 3.79. The van der Waals surface area contributed by atoms with Crippen LogP contribution in [0.15, 0.2) is 48.5 Å². The smallest absolute Gasteiger partial charge is 0.251 e. The average Bonchev–Trinajstić information content (AvgIpc) is 3.09. The molecule has 0 atom stereocenters. The number of amides is 1. The second-order valence-corrected chi connectivity index (χ2v) is 6.61. The monoisotopic (exact) mass is 364 g/mol. The number of imidazole rings is 1. The summed E-state index contributed by atoms with van der Waals surface area (Å²) in [5.41, 5.74) is 3.85. The molecule has 0 aliphatic carbocycles. The van der Waals surface area contributed by atoms with Crippen LogP contribution in [-0.2, 0) is 6.54 Å². The summed E-state index contributed by atoms with van der Waals surface area (Å²) in [5, 5.41) is 2.66. The van der Waals surface area contributed by atoms with E-state index in [0.717, 1.165) is 55.0 Å². The molecule has 5 nitrogen and oxygen atoms in total. The van der Waals surface area contributed by atoms with E-state index in [2.05, 4.69) is 46.8 Å². The molecule has 27 heavy (non-hydrogen) atoms. The van der Waals surface area contributed by atoms with Crippen molar-refractivity contribution in [2.45, 2.75) is 26.8 Å². The third kappa shape index (κ3) is 4.19. The van der Waals surface area contributed by atoms with E-state index in [1.165, 1.54) is 0 Å². The largest absolute Gasteiger partial charge is 0.355 e. The van der Waals surface area contributed by atoms with Gasteiger partial charge in [-0.3, -0.25) is 4.79 Å². The first-order valence-corrected chi connectivity index (χ1v) is 9.68. The van der Waals surface area contributed by atoms with Crippen LogP contribution in [0, 0.1) is 0 Å². The van der Waals surface area contributed by atoms with Gasteiger partial charge in [0.25, 0.3) is 5.91 Å². The van der Waals surface area contributed by atoms with Crippen molar-refractivity contribution in [3.63, 3.8) is 0 Å². The Bertz CT molecular complexity index is 894. The fourth-order valence-electron chi connectivity index (χ4n) is 3.43. The molecule has 0 saturated carbocycles. The summed E-state index contributed by atoms with van der Waals surface area (Å²) in [6.07, 6.45) is 1.07. The van der Waals surface area contributed by atoms with Gasteiger partial charge in [0.05, 0.1) is 11.0 Å². The minimum Gasteiger partial charge on any atom is -0.355 e. The van der Waals surface area contributed by atoms with Gasteiger partial charge in [0, 0.05) is 24.7 Å². The quantitative estimate of drug-likeness (QED) is 0.661. The van der Waals surface area contributed by atoms with Gasteiger partial charge in [0.15, 0.2) is 0 Å². The first-order chi connectivity index (χ1) is 13.2. The van der Waals surface area contributed by atoms with Gasteiger partial charge >= 0.3 is 0 Å². The molecular weight excluding hydrogens is 336 g/mol. The van der Waals surface area contributed by atoms with E-state index in [1.54, 1.807) is 7.05 Å². The number of rotatable bonds is 8. The lowest BCUT2D eigenvalue weighted by Crippen LogP contribution is -2.24. The number of nitrogens with one attached hydrogen (secondary N) is 1. The molecule has 1 heterocycles. The highest BCUT2D eigenvalue weighted by molar-refractivity contribution is 5.94. The Morgan fingerprint density at radius 2 is 1.78 bits per heavy atom. The van der Waals surface area contributed by atoms with Crippen LogP contribution in [0.2, 0.25) is 0 Å². The fraction of sp³-hybridized carbons (Fsp3) is 0.364. The van der Waals surface area contributed by atoms with Crippen molar-refractivity contribution in [1.29, 1.82) is 0 Å². The molecule has 3 aromatic rings. The number of aryl methyl sites for hydroxylation is 1. The highest BCUT2D eigenvalue weighted by atomic mass is 16.1. The van der Waals surface area contributed by atoms with Crippen LogP contribution in [0.5, 0.6) is 0 Å². The molecule has 0 aliphatic heterocycles. The summed E-state index contributed by atoms with van der Waals surface area (Å²) in [4.78, 5) is 19.1. The fourth-order valence-corrected chi connectivity index (χ4v) is 3.43. The van der Waals surface area contributed by atoms with Crippen LogP contribution in [0.3, 0.4) is 0 Å². The van der Waals surface area contributed by atoms with Gasteiger partial charge in [-0.05, 0) is 50.3 Å². The number of aromatic nitrogens is 2. The number of hydrogen-bond donors (Lipinski definition) is 1. The van der Waals surface area contributed by atoms with Crippen molar-refractivity contribution in [3.05, 3.63) is 54.1 Å². The Kier molecular flexibility index (Phi) is 6.24. The minimum atomic E-state index is -0.0747. The van der Waals surface area contributed by atoms with Gasteiger partial charge in [0.2, 0.25) is 0 Å². The molecule has 0 saturated heterocycles. The second-order valence-electron chi connectivity index (χ2n) is 6.61. The van der Waals surface area contributed by atoms with Crippen LogP contribution in [0.1, 0.15) is 30.6 Å². The summed E-state index contributed by atoms with van der Waals surface area (Å²) >= 11 is 0.